The van der Waals surface area contributed by atoms with Gasteiger partial charge in [-0.15, -0.1) is 11.3 Å². The van der Waals surface area contributed by atoms with Gasteiger partial charge in [-0.3, -0.25) is 9.50 Å². The van der Waals surface area contributed by atoms with Gasteiger partial charge in [0.2, 0.25) is 0 Å². The van der Waals surface area contributed by atoms with Crippen molar-refractivity contribution in [1.82, 2.24) is 19.6 Å². The lowest BCUT2D eigenvalue weighted by molar-refractivity contribution is 0.885. The summed E-state index contributed by atoms with van der Waals surface area (Å²) < 4.78 is 2.11. The minimum atomic E-state index is 0.634. The van der Waals surface area contributed by atoms with Gasteiger partial charge in [0.25, 0.3) is 0 Å². The van der Waals surface area contributed by atoms with Gasteiger partial charge in [-0.2, -0.15) is 5.10 Å². The SMILES string of the molecule is NCCc1[nH]ncc1Cc1cnc2sccn12. The number of thiazole rings is 1. The second-order valence-corrected chi connectivity index (χ2v) is 4.77. The van der Waals surface area contributed by atoms with E-state index in [0.29, 0.717) is 6.54 Å². The summed E-state index contributed by atoms with van der Waals surface area (Å²) in [6.07, 6.45) is 7.51. The lowest BCUT2D eigenvalue weighted by atomic mass is 10.1. The van der Waals surface area contributed by atoms with E-state index in [1.165, 1.54) is 11.3 Å². The van der Waals surface area contributed by atoms with Crippen molar-refractivity contribution in [3.8, 4) is 0 Å². The number of hydrogen-bond donors (Lipinski definition) is 2. The maximum Gasteiger partial charge on any atom is 0.193 e. The van der Waals surface area contributed by atoms with Crippen LogP contribution in [-0.2, 0) is 12.8 Å². The van der Waals surface area contributed by atoms with Crippen LogP contribution in [0.3, 0.4) is 0 Å². The molecule has 0 aliphatic carbocycles. The Hall–Kier alpha value is -1.66. The number of nitrogens with zero attached hydrogens (tertiary/aromatic N) is 3. The van der Waals surface area contributed by atoms with E-state index in [-0.39, 0.29) is 0 Å². The average Bonchev–Trinajstić information content (AvgIpc) is 2.99. The van der Waals surface area contributed by atoms with Crippen LogP contribution in [0.1, 0.15) is 17.0 Å². The molecule has 0 spiro atoms. The van der Waals surface area contributed by atoms with E-state index in [0.717, 1.165) is 23.5 Å². The molecule has 17 heavy (non-hydrogen) atoms. The highest BCUT2D eigenvalue weighted by atomic mass is 32.1. The molecule has 0 atom stereocenters. The molecule has 3 aromatic heterocycles. The molecule has 0 amide bonds. The molecular weight excluding hydrogens is 234 g/mol. The lowest BCUT2D eigenvalue weighted by Gasteiger charge is -2.00. The molecule has 0 saturated carbocycles. The average molecular weight is 247 g/mol. The molecule has 0 bridgehead atoms. The van der Waals surface area contributed by atoms with Gasteiger partial charge in [0.15, 0.2) is 4.96 Å². The summed E-state index contributed by atoms with van der Waals surface area (Å²) in [6, 6.07) is 0. The topological polar surface area (TPSA) is 72.0 Å². The number of nitrogens with one attached hydrogen (secondary N) is 1. The fourth-order valence-electron chi connectivity index (χ4n) is 1.95. The number of nitrogens with two attached hydrogens (primary N) is 1. The Morgan fingerprint density at radius 3 is 3.24 bits per heavy atom. The Bertz CT molecular complexity index is 620. The van der Waals surface area contributed by atoms with Crippen LogP contribution in [0.4, 0.5) is 0 Å². The highest BCUT2D eigenvalue weighted by molar-refractivity contribution is 7.15. The molecule has 0 fully saturated rings. The van der Waals surface area contributed by atoms with Crippen molar-refractivity contribution < 1.29 is 0 Å². The molecule has 3 rings (SSSR count). The van der Waals surface area contributed by atoms with Crippen LogP contribution in [0.2, 0.25) is 0 Å². The zero-order chi connectivity index (χ0) is 11.7. The van der Waals surface area contributed by atoms with E-state index in [1.54, 1.807) is 11.3 Å². The third-order valence-electron chi connectivity index (χ3n) is 2.80. The van der Waals surface area contributed by atoms with E-state index in [4.69, 9.17) is 5.73 Å². The number of hydrogen-bond acceptors (Lipinski definition) is 4. The molecule has 0 saturated heterocycles. The lowest BCUT2D eigenvalue weighted by Crippen LogP contribution is -2.05. The van der Waals surface area contributed by atoms with Crippen molar-refractivity contribution >= 4 is 16.3 Å². The zero-order valence-electron chi connectivity index (χ0n) is 9.26. The first kappa shape index (κ1) is 10.5. The van der Waals surface area contributed by atoms with Crippen LogP contribution in [0, 0.1) is 0 Å². The Balaban J connectivity index is 1.92. The van der Waals surface area contributed by atoms with Gasteiger partial charge >= 0.3 is 0 Å². The van der Waals surface area contributed by atoms with E-state index < -0.39 is 0 Å². The van der Waals surface area contributed by atoms with Gasteiger partial charge in [-0.1, -0.05) is 0 Å². The molecule has 88 valence electrons. The van der Waals surface area contributed by atoms with Gasteiger partial charge in [-0.05, 0) is 12.1 Å². The van der Waals surface area contributed by atoms with Crippen molar-refractivity contribution in [3.63, 3.8) is 0 Å². The predicted octanol–water partition coefficient (Wildman–Crippen LogP) is 1.21. The summed E-state index contributed by atoms with van der Waals surface area (Å²) in [5.41, 5.74) is 9.07. The maximum atomic E-state index is 5.57. The molecule has 3 N–H and O–H groups in total. The number of fused-ring (bicyclic) bond motifs is 1. The highest BCUT2D eigenvalue weighted by Gasteiger charge is 2.09. The number of aromatic nitrogens is 4. The van der Waals surface area contributed by atoms with Crippen LogP contribution in [0.5, 0.6) is 0 Å². The van der Waals surface area contributed by atoms with Gasteiger partial charge in [0.1, 0.15) is 0 Å². The summed E-state index contributed by atoms with van der Waals surface area (Å²) in [4.78, 5) is 5.39. The Kier molecular flexibility index (Phi) is 2.66. The van der Waals surface area contributed by atoms with Crippen LogP contribution in [-0.4, -0.2) is 26.1 Å². The van der Waals surface area contributed by atoms with Crippen LogP contribution in [0.15, 0.2) is 24.0 Å². The van der Waals surface area contributed by atoms with Gasteiger partial charge < -0.3 is 5.73 Å². The van der Waals surface area contributed by atoms with Crippen molar-refractivity contribution in [3.05, 3.63) is 40.9 Å². The third kappa shape index (κ3) is 1.85. The van der Waals surface area contributed by atoms with Crippen LogP contribution in [0.25, 0.3) is 4.96 Å². The molecule has 3 heterocycles. The molecule has 0 radical (unpaired) electrons. The standard InChI is InChI=1S/C11H13N5S/c12-2-1-10-8(6-14-15-10)5-9-7-13-11-16(9)3-4-17-11/h3-4,6-7H,1-2,5,12H2,(H,14,15). The molecule has 6 heteroatoms. The molecule has 0 aliphatic rings. The van der Waals surface area contributed by atoms with Crippen molar-refractivity contribution in [2.45, 2.75) is 12.8 Å². The van der Waals surface area contributed by atoms with E-state index in [9.17, 15) is 0 Å². The van der Waals surface area contributed by atoms with Crippen LogP contribution >= 0.6 is 11.3 Å². The minimum absolute atomic E-state index is 0.634. The molecule has 5 nitrogen and oxygen atoms in total. The summed E-state index contributed by atoms with van der Waals surface area (Å²) in [6.45, 7) is 0.634. The van der Waals surface area contributed by atoms with Gasteiger partial charge in [0, 0.05) is 35.8 Å². The van der Waals surface area contributed by atoms with E-state index in [2.05, 4.69) is 19.6 Å². The van der Waals surface area contributed by atoms with Crippen molar-refractivity contribution in [1.29, 1.82) is 0 Å². The van der Waals surface area contributed by atoms with Gasteiger partial charge in [0.05, 0.1) is 12.4 Å². The number of aromatic amines is 1. The summed E-state index contributed by atoms with van der Waals surface area (Å²) in [5, 5.41) is 9.13. The number of H-pyrrole nitrogens is 1. The summed E-state index contributed by atoms with van der Waals surface area (Å²) in [5.74, 6) is 0. The van der Waals surface area contributed by atoms with Gasteiger partial charge in [-0.25, -0.2) is 4.98 Å². The fourth-order valence-corrected chi connectivity index (χ4v) is 2.66. The smallest absolute Gasteiger partial charge is 0.193 e. The number of rotatable bonds is 4. The summed E-state index contributed by atoms with van der Waals surface area (Å²) >= 11 is 1.64. The summed E-state index contributed by atoms with van der Waals surface area (Å²) in [7, 11) is 0. The minimum Gasteiger partial charge on any atom is -0.330 e. The largest absolute Gasteiger partial charge is 0.330 e. The predicted molar refractivity (Wildman–Crippen MR) is 67.2 cm³/mol. The molecule has 0 unspecified atom stereocenters. The van der Waals surface area contributed by atoms with Crippen molar-refractivity contribution in [2.24, 2.45) is 5.73 Å². The monoisotopic (exact) mass is 247 g/mol. The molecule has 0 aromatic carbocycles. The Morgan fingerprint density at radius 2 is 2.35 bits per heavy atom. The fraction of sp³-hybridized carbons (Fsp3) is 0.273. The quantitative estimate of drug-likeness (QED) is 0.728. The normalized spacial score (nSPS) is 11.4. The second-order valence-electron chi connectivity index (χ2n) is 3.89. The highest BCUT2D eigenvalue weighted by Crippen LogP contribution is 2.17. The Labute approximate surface area is 102 Å². The second kappa shape index (κ2) is 4.31. The molecular formula is C11H13N5S. The third-order valence-corrected chi connectivity index (χ3v) is 3.57. The van der Waals surface area contributed by atoms with E-state index in [1.807, 2.05) is 24.0 Å². The molecule has 0 aliphatic heterocycles. The van der Waals surface area contributed by atoms with Crippen molar-refractivity contribution in [2.75, 3.05) is 6.54 Å². The first-order valence-corrected chi connectivity index (χ1v) is 6.37. The maximum absolute atomic E-state index is 5.57. The van der Waals surface area contributed by atoms with Crippen LogP contribution < -0.4 is 5.73 Å². The Morgan fingerprint density at radius 1 is 1.41 bits per heavy atom. The first-order chi connectivity index (χ1) is 8.38. The zero-order valence-corrected chi connectivity index (χ0v) is 10.1. The first-order valence-electron chi connectivity index (χ1n) is 5.49. The number of imidazole rings is 1. The van der Waals surface area contributed by atoms with E-state index >= 15 is 0 Å². The molecule has 3 aromatic rings.